The van der Waals surface area contributed by atoms with Gasteiger partial charge in [-0.15, -0.1) is 12.4 Å². The summed E-state index contributed by atoms with van der Waals surface area (Å²) in [6, 6.07) is 4.48. The molecular formula is C20H27ClN4O4. The van der Waals surface area contributed by atoms with Crippen LogP contribution in [0.25, 0.3) is 0 Å². The normalized spacial score (nSPS) is 26.0. The van der Waals surface area contributed by atoms with E-state index in [9.17, 15) is 19.7 Å². The van der Waals surface area contributed by atoms with E-state index < -0.39 is 11.0 Å². The number of hydrogen-bond acceptors (Lipinski definition) is 5. The number of halogens is 1. The molecule has 2 amide bonds. The van der Waals surface area contributed by atoms with E-state index in [4.69, 9.17) is 0 Å². The molecule has 1 aromatic carbocycles. The topological polar surface area (TPSA) is 95.8 Å². The van der Waals surface area contributed by atoms with Gasteiger partial charge < -0.3 is 15.1 Å². The van der Waals surface area contributed by atoms with Gasteiger partial charge in [-0.1, -0.05) is 0 Å². The molecule has 3 fully saturated rings. The quantitative estimate of drug-likeness (QED) is 0.595. The molecule has 158 valence electrons. The van der Waals surface area contributed by atoms with Crippen LogP contribution < -0.4 is 5.32 Å². The Morgan fingerprint density at radius 2 is 1.93 bits per heavy atom. The molecule has 4 rings (SSSR count). The van der Waals surface area contributed by atoms with Crippen LogP contribution in [0.15, 0.2) is 18.2 Å². The van der Waals surface area contributed by atoms with Crippen LogP contribution in [0, 0.1) is 17.0 Å². The van der Waals surface area contributed by atoms with E-state index >= 15 is 0 Å². The van der Waals surface area contributed by atoms with Crippen molar-refractivity contribution in [2.45, 2.75) is 57.2 Å². The van der Waals surface area contributed by atoms with E-state index in [1.165, 1.54) is 12.1 Å². The number of amides is 2. The number of carbonyl (C=O) groups is 2. The summed E-state index contributed by atoms with van der Waals surface area (Å²) < 4.78 is 0. The third-order valence-corrected chi connectivity index (χ3v) is 6.35. The smallest absolute Gasteiger partial charge is 0.272 e. The zero-order chi connectivity index (χ0) is 19.8. The number of nitro groups is 1. The second-order valence-electron chi connectivity index (χ2n) is 8.04. The van der Waals surface area contributed by atoms with E-state index in [2.05, 4.69) is 5.32 Å². The van der Waals surface area contributed by atoms with E-state index in [-0.39, 0.29) is 42.0 Å². The zero-order valence-electron chi connectivity index (χ0n) is 16.5. The molecule has 0 radical (unpaired) electrons. The lowest BCUT2D eigenvalue weighted by Crippen LogP contribution is -2.52. The number of nitrogens with zero attached hydrogens (tertiary/aromatic N) is 3. The summed E-state index contributed by atoms with van der Waals surface area (Å²) in [6.07, 6.45) is 4.51. The molecule has 0 aromatic heterocycles. The molecule has 3 heterocycles. The summed E-state index contributed by atoms with van der Waals surface area (Å²) in [5.41, 5.74) is 0.858. The van der Waals surface area contributed by atoms with E-state index in [1.807, 2.05) is 4.90 Å². The van der Waals surface area contributed by atoms with Crippen LogP contribution in [-0.4, -0.2) is 64.3 Å². The molecular weight excluding hydrogens is 396 g/mol. The van der Waals surface area contributed by atoms with Gasteiger partial charge in [0.1, 0.15) is 6.04 Å². The summed E-state index contributed by atoms with van der Waals surface area (Å²) in [5, 5.41) is 14.4. The van der Waals surface area contributed by atoms with Gasteiger partial charge in [0, 0.05) is 42.4 Å². The molecule has 1 aromatic rings. The molecule has 3 unspecified atom stereocenters. The molecule has 2 bridgehead atoms. The maximum atomic E-state index is 13.4. The maximum Gasteiger partial charge on any atom is 0.272 e. The molecule has 3 aliphatic rings. The molecule has 0 saturated carbocycles. The highest BCUT2D eigenvalue weighted by Crippen LogP contribution is 2.32. The van der Waals surface area contributed by atoms with Gasteiger partial charge in [0.25, 0.3) is 11.6 Å². The number of likely N-dealkylation sites (tertiary alicyclic amines) is 1. The van der Waals surface area contributed by atoms with Gasteiger partial charge in [0.05, 0.1) is 4.92 Å². The van der Waals surface area contributed by atoms with Crippen molar-refractivity contribution in [1.82, 2.24) is 15.1 Å². The minimum absolute atomic E-state index is 0. The van der Waals surface area contributed by atoms with E-state index in [0.717, 1.165) is 38.8 Å². The first-order valence-electron chi connectivity index (χ1n) is 10.1. The molecule has 9 heteroatoms. The average Bonchev–Trinajstić information content (AvgIpc) is 3.23. The fourth-order valence-electron chi connectivity index (χ4n) is 4.94. The fraction of sp³-hybridized carbons (Fsp3) is 0.600. The number of hydrogen-bond donors (Lipinski definition) is 1. The third kappa shape index (κ3) is 3.96. The lowest BCUT2D eigenvalue weighted by atomic mass is 10.1. The van der Waals surface area contributed by atoms with Gasteiger partial charge in [0.15, 0.2) is 0 Å². The van der Waals surface area contributed by atoms with E-state index in [1.54, 1.807) is 17.9 Å². The largest absolute Gasteiger partial charge is 0.334 e. The van der Waals surface area contributed by atoms with Gasteiger partial charge in [-0.25, -0.2) is 0 Å². The predicted octanol–water partition coefficient (Wildman–Crippen LogP) is 2.28. The minimum atomic E-state index is -0.449. The second-order valence-corrected chi connectivity index (χ2v) is 8.04. The van der Waals surface area contributed by atoms with Crippen molar-refractivity contribution in [1.29, 1.82) is 0 Å². The summed E-state index contributed by atoms with van der Waals surface area (Å²) in [5.74, 6) is -0.144. The molecule has 29 heavy (non-hydrogen) atoms. The van der Waals surface area contributed by atoms with Crippen LogP contribution in [0.5, 0.6) is 0 Å². The van der Waals surface area contributed by atoms with Gasteiger partial charge in [-0.2, -0.15) is 0 Å². The lowest BCUT2D eigenvalue weighted by molar-refractivity contribution is -0.385. The van der Waals surface area contributed by atoms with Crippen molar-refractivity contribution in [2.75, 3.05) is 19.6 Å². The number of nitro benzene ring substituents is 1. The molecule has 8 nitrogen and oxygen atoms in total. The fourth-order valence-corrected chi connectivity index (χ4v) is 4.94. The Balaban J connectivity index is 0.00000240. The Labute approximate surface area is 176 Å². The third-order valence-electron chi connectivity index (χ3n) is 6.35. The Hall–Kier alpha value is -2.19. The Morgan fingerprint density at radius 3 is 2.66 bits per heavy atom. The van der Waals surface area contributed by atoms with Crippen LogP contribution in [0.1, 0.15) is 48.0 Å². The highest BCUT2D eigenvalue weighted by atomic mass is 35.5. The second kappa shape index (κ2) is 8.67. The first-order valence-corrected chi connectivity index (χ1v) is 10.1. The first-order chi connectivity index (χ1) is 13.5. The van der Waals surface area contributed by atoms with Crippen molar-refractivity contribution >= 4 is 29.9 Å². The highest BCUT2D eigenvalue weighted by Gasteiger charge is 2.44. The van der Waals surface area contributed by atoms with Crippen molar-refractivity contribution in [3.63, 3.8) is 0 Å². The number of rotatable bonds is 3. The van der Waals surface area contributed by atoms with Crippen LogP contribution >= 0.6 is 12.4 Å². The van der Waals surface area contributed by atoms with Gasteiger partial charge in [0.2, 0.25) is 5.91 Å². The summed E-state index contributed by atoms with van der Waals surface area (Å²) in [6.45, 7) is 3.93. The Bertz CT molecular complexity index is 804. The van der Waals surface area contributed by atoms with Crippen LogP contribution in [0.4, 0.5) is 5.69 Å². The maximum absolute atomic E-state index is 13.4. The number of aryl methyl sites for hydroxylation is 1. The molecule has 0 aliphatic carbocycles. The molecule has 3 atom stereocenters. The monoisotopic (exact) mass is 422 g/mol. The molecule has 0 spiro atoms. The van der Waals surface area contributed by atoms with Gasteiger partial charge >= 0.3 is 0 Å². The predicted molar refractivity (Wildman–Crippen MR) is 110 cm³/mol. The number of carbonyl (C=O) groups excluding carboxylic acids is 2. The first kappa shape index (κ1) is 21.5. The van der Waals surface area contributed by atoms with Crippen molar-refractivity contribution in [3.05, 3.63) is 39.4 Å². The SMILES string of the molecule is Cc1cc(C(=O)N2CCCC2C(=O)N2C3CCNCC2CC3)ccc1[N+](=O)[O-].Cl. The summed E-state index contributed by atoms with van der Waals surface area (Å²) in [4.78, 5) is 40.8. The van der Waals surface area contributed by atoms with Crippen molar-refractivity contribution in [3.8, 4) is 0 Å². The summed E-state index contributed by atoms with van der Waals surface area (Å²) >= 11 is 0. The number of nitrogens with one attached hydrogen (secondary N) is 1. The molecule has 3 aliphatic heterocycles. The van der Waals surface area contributed by atoms with Crippen LogP contribution in [-0.2, 0) is 4.79 Å². The van der Waals surface area contributed by atoms with Gasteiger partial charge in [-0.3, -0.25) is 19.7 Å². The van der Waals surface area contributed by atoms with Crippen LogP contribution in [0.3, 0.4) is 0 Å². The number of benzene rings is 1. The molecule has 1 N–H and O–H groups in total. The van der Waals surface area contributed by atoms with Gasteiger partial charge in [-0.05, 0) is 57.7 Å². The Kier molecular flexibility index (Phi) is 6.43. The van der Waals surface area contributed by atoms with Crippen LogP contribution in [0.2, 0.25) is 0 Å². The lowest BCUT2D eigenvalue weighted by Gasteiger charge is -2.33. The summed E-state index contributed by atoms with van der Waals surface area (Å²) in [7, 11) is 0. The van der Waals surface area contributed by atoms with Crippen molar-refractivity contribution in [2.24, 2.45) is 0 Å². The standard InChI is InChI=1S/C20H26N4O4.ClH/c1-13-11-14(4-7-17(13)24(27)28)19(25)22-10-2-3-18(22)20(26)23-15-5-6-16(23)12-21-9-8-15;/h4,7,11,15-16,18,21H,2-3,5-6,8-10,12H2,1H3;1H. The number of fused-ring (bicyclic) bond motifs is 2. The van der Waals surface area contributed by atoms with E-state index in [0.29, 0.717) is 24.1 Å². The highest BCUT2D eigenvalue weighted by molar-refractivity contribution is 5.98. The zero-order valence-corrected chi connectivity index (χ0v) is 17.3. The van der Waals surface area contributed by atoms with Crippen molar-refractivity contribution < 1.29 is 14.5 Å². The minimum Gasteiger partial charge on any atom is -0.334 e. The average molecular weight is 423 g/mol. The Morgan fingerprint density at radius 1 is 1.17 bits per heavy atom. The molecule has 3 saturated heterocycles.